The minimum atomic E-state index is -0.357. The molecule has 3 aromatic carbocycles. The van der Waals surface area contributed by atoms with Crippen LogP contribution in [0.15, 0.2) is 91.0 Å². The molecule has 188 valence electrons. The van der Waals surface area contributed by atoms with Gasteiger partial charge < -0.3 is 10.2 Å². The molecular formula is C30H29FN4O2. The molecular weight excluding hydrogens is 467 g/mol. The highest BCUT2D eigenvalue weighted by Gasteiger charge is 2.46. The van der Waals surface area contributed by atoms with Crippen LogP contribution >= 0.6 is 0 Å². The molecule has 1 saturated carbocycles. The highest BCUT2D eigenvalue weighted by molar-refractivity contribution is 5.95. The molecule has 0 saturated heterocycles. The maximum atomic E-state index is 13.5. The van der Waals surface area contributed by atoms with Crippen LogP contribution in [0.5, 0.6) is 0 Å². The van der Waals surface area contributed by atoms with Gasteiger partial charge in [0, 0.05) is 23.6 Å². The molecule has 2 atom stereocenters. The Morgan fingerprint density at radius 1 is 1.00 bits per heavy atom. The van der Waals surface area contributed by atoms with Gasteiger partial charge in [-0.15, -0.1) is 0 Å². The Morgan fingerprint density at radius 3 is 2.30 bits per heavy atom. The van der Waals surface area contributed by atoms with Crippen molar-refractivity contribution >= 4 is 17.6 Å². The monoisotopic (exact) mass is 496 g/mol. The summed E-state index contributed by atoms with van der Waals surface area (Å²) >= 11 is 0. The van der Waals surface area contributed by atoms with Crippen LogP contribution in [0.4, 0.5) is 10.2 Å². The van der Waals surface area contributed by atoms with Crippen molar-refractivity contribution in [2.24, 2.45) is 5.92 Å². The number of halogens is 1. The lowest BCUT2D eigenvalue weighted by Crippen LogP contribution is -2.43. The number of anilines is 1. The van der Waals surface area contributed by atoms with Crippen LogP contribution in [0.1, 0.15) is 31.7 Å². The summed E-state index contributed by atoms with van der Waals surface area (Å²) in [4.78, 5) is 28.2. The van der Waals surface area contributed by atoms with Crippen LogP contribution in [0.3, 0.4) is 0 Å². The summed E-state index contributed by atoms with van der Waals surface area (Å²) in [5.41, 5.74) is 3.32. The van der Waals surface area contributed by atoms with E-state index in [1.54, 1.807) is 27.8 Å². The summed E-state index contributed by atoms with van der Waals surface area (Å²) in [5, 5.41) is 7.59. The lowest BCUT2D eigenvalue weighted by molar-refractivity contribution is -0.137. The minimum absolute atomic E-state index is 0.00369. The van der Waals surface area contributed by atoms with Gasteiger partial charge in [-0.05, 0) is 56.0 Å². The predicted molar refractivity (Wildman–Crippen MR) is 142 cm³/mol. The average Bonchev–Trinajstić information content (AvgIpc) is 3.61. The highest BCUT2D eigenvalue weighted by Crippen LogP contribution is 2.48. The van der Waals surface area contributed by atoms with Crippen molar-refractivity contribution in [3.8, 4) is 16.9 Å². The normalized spacial score (nSPS) is 16.4. The first-order chi connectivity index (χ1) is 17.9. The number of aromatic nitrogens is 2. The van der Waals surface area contributed by atoms with Gasteiger partial charge in [0.15, 0.2) is 0 Å². The van der Waals surface area contributed by atoms with E-state index in [9.17, 15) is 14.0 Å². The maximum absolute atomic E-state index is 13.5. The molecule has 37 heavy (non-hydrogen) atoms. The number of hydrogen-bond donors (Lipinski definition) is 1. The van der Waals surface area contributed by atoms with Crippen molar-refractivity contribution in [2.45, 2.75) is 32.2 Å². The lowest BCUT2D eigenvalue weighted by Gasteiger charge is -2.26. The van der Waals surface area contributed by atoms with E-state index < -0.39 is 0 Å². The zero-order valence-corrected chi connectivity index (χ0v) is 20.8. The third kappa shape index (κ3) is 5.45. The van der Waals surface area contributed by atoms with Crippen molar-refractivity contribution in [1.29, 1.82) is 0 Å². The second-order valence-corrected chi connectivity index (χ2v) is 9.64. The number of amides is 2. The highest BCUT2D eigenvalue weighted by atomic mass is 19.1. The molecule has 0 bridgehead atoms. The molecule has 4 aromatic rings. The van der Waals surface area contributed by atoms with E-state index in [0.717, 1.165) is 17.5 Å². The topological polar surface area (TPSA) is 67.2 Å². The van der Waals surface area contributed by atoms with Gasteiger partial charge in [-0.2, -0.15) is 5.10 Å². The summed E-state index contributed by atoms with van der Waals surface area (Å²) in [7, 11) is 0. The standard InChI is InChI=1S/C30H29FN4O2/c1-20(2)34(30(37)26-17-25(26)21-9-5-3-6-10-21)19-29(36)32-28-18-27(22-11-7-4-8-12-22)33-35(28)24-15-13-23(31)14-16-24/h3-16,18,20,25-26H,17,19H2,1-2H3,(H,32,36). The molecule has 5 rings (SSSR count). The number of nitrogens with zero attached hydrogens (tertiary/aromatic N) is 3. The Bertz CT molecular complexity index is 1380. The third-order valence-corrected chi connectivity index (χ3v) is 6.67. The van der Waals surface area contributed by atoms with Crippen LogP contribution in [0.25, 0.3) is 16.9 Å². The molecule has 0 radical (unpaired) electrons. The van der Waals surface area contributed by atoms with Gasteiger partial charge in [0.1, 0.15) is 18.2 Å². The Hall–Kier alpha value is -4.26. The van der Waals surface area contributed by atoms with Gasteiger partial charge >= 0.3 is 0 Å². The second kappa shape index (κ2) is 10.4. The van der Waals surface area contributed by atoms with E-state index in [1.807, 2.05) is 74.5 Å². The summed E-state index contributed by atoms with van der Waals surface area (Å²) in [5.74, 6) is -0.138. The van der Waals surface area contributed by atoms with Crippen LogP contribution < -0.4 is 5.32 Å². The fourth-order valence-electron chi connectivity index (χ4n) is 4.60. The Balaban J connectivity index is 1.35. The van der Waals surface area contributed by atoms with Crippen molar-refractivity contribution in [3.63, 3.8) is 0 Å². The zero-order valence-electron chi connectivity index (χ0n) is 20.8. The average molecular weight is 497 g/mol. The summed E-state index contributed by atoms with van der Waals surface area (Å²) < 4.78 is 15.1. The number of carbonyl (C=O) groups excluding carboxylic acids is 2. The molecule has 2 unspecified atom stereocenters. The van der Waals surface area contributed by atoms with E-state index in [2.05, 4.69) is 10.4 Å². The Kier molecular flexibility index (Phi) is 6.86. The fourth-order valence-corrected chi connectivity index (χ4v) is 4.60. The van der Waals surface area contributed by atoms with E-state index in [0.29, 0.717) is 17.2 Å². The van der Waals surface area contributed by atoms with E-state index in [4.69, 9.17) is 0 Å². The first kappa shape index (κ1) is 24.4. The molecule has 2 amide bonds. The Morgan fingerprint density at radius 2 is 1.65 bits per heavy atom. The number of rotatable bonds is 8. The van der Waals surface area contributed by atoms with Gasteiger partial charge in [0.2, 0.25) is 11.8 Å². The zero-order chi connectivity index (χ0) is 25.9. The van der Waals surface area contributed by atoms with Crippen molar-refractivity contribution in [3.05, 3.63) is 102 Å². The number of benzene rings is 3. The maximum Gasteiger partial charge on any atom is 0.245 e. The predicted octanol–water partition coefficient (Wildman–Crippen LogP) is 5.66. The molecule has 1 N–H and O–H groups in total. The van der Waals surface area contributed by atoms with Gasteiger partial charge in [-0.25, -0.2) is 9.07 Å². The molecule has 0 spiro atoms. The SMILES string of the molecule is CC(C)N(CC(=O)Nc1cc(-c2ccccc2)nn1-c1ccc(F)cc1)C(=O)C1CC1c1ccccc1. The molecule has 1 fully saturated rings. The third-order valence-electron chi connectivity index (χ3n) is 6.67. The number of carbonyl (C=O) groups is 2. The second-order valence-electron chi connectivity index (χ2n) is 9.64. The van der Waals surface area contributed by atoms with Gasteiger partial charge in [-0.3, -0.25) is 9.59 Å². The van der Waals surface area contributed by atoms with Crippen LogP contribution in [0.2, 0.25) is 0 Å². The smallest absolute Gasteiger partial charge is 0.245 e. The first-order valence-corrected chi connectivity index (χ1v) is 12.5. The first-order valence-electron chi connectivity index (χ1n) is 12.5. The molecule has 1 aliphatic rings. The molecule has 1 aromatic heterocycles. The quantitative estimate of drug-likeness (QED) is 0.342. The van der Waals surface area contributed by atoms with Crippen LogP contribution in [-0.4, -0.2) is 39.1 Å². The van der Waals surface area contributed by atoms with Crippen molar-refractivity contribution < 1.29 is 14.0 Å². The number of hydrogen-bond acceptors (Lipinski definition) is 3. The largest absolute Gasteiger partial charge is 0.331 e. The van der Waals surface area contributed by atoms with Gasteiger partial charge in [0.25, 0.3) is 0 Å². The van der Waals surface area contributed by atoms with Gasteiger partial charge in [-0.1, -0.05) is 60.7 Å². The Labute approximate surface area is 215 Å². The lowest BCUT2D eigenvalue weighted by atomic mass is 10.1. The fraction of sp³-hybridized carbons (Fsp3) is 0.233. The molecule has 7 heteroatoms. The molecule has 1 heterocycles. The van der Waals surface area contributed by atoms with Crippen LogP contribution in [0, 0.1) is 11.7 Å². The van der Waals surface area contributed by atoms with Crippen molar-refractivity contribution in [1.82, 2.24) is 14.7 Å². The summed E-state index contributed by atoms with van der Waals surface area (Å²) in [6.07, 6.45) is 0.797. The molecule has 1 aliphatic carbocycles. The molecule has 6 nitrogen and oxygen atoms in total. The van der Waals surface area contributed by atoms with Crippen LogP contribution in [-0.2, 0) is 9.59 Å². The van der Waals surface area contributed by atoms with E-state index in [-0.39, 0.29) is 42.1 Å². The summed E-state index contributed by atoms with van der Waals surface area (Å²) in [6.45, 7) is 3.77. The minimum Gasteiger partial charge on any atom is -0.331 e. The molecule has 0 aliphatic heterocycles. The number of nitrogens with one attached hydrogen (secondary N) is 1. The van der Waals surface area contributed by atoms with E-state index >= 15 is 0 Å². The van der Waals surface area contributed by atoms with Crippen molar-refractivity contribution in [2.75, 3.05) is 11.9 Å². The van der Waals surface area contributed by atoms with E-state index in [1.165, 1.54) is 12.1 Å². The summed E-state index contributed by atoms with van der Waals surface area (Å²) in [6, 6.07) is 27.2. The van der Waals surface area contributed by atoms with Gasteiger partial charge in [0.05, 0.1) is 11.4 Å².